The normalized spacial score (nSPS) is 13.0. The van der Waals surface area contributed by atoms with Gasteiger partial charge in [0.1, 0.15) is 10.7 Å². The number of nitrogens with two attached hydrogens (primary N) is 1. The molecule has 0 amide bonds. The van der Waals surface area contributed by atoms with Crippen LogP contribution in [0.2, 0.25) is 0 Å². The summed E-state index contributed by atoms with van der Waals surface area (Å²) in [6.07, 6.45) is -0.492. The van der Waals surface area contributed by atoms with Crippen molar-refractivity contribution in [3.8, 4) is 0 Å². The van der Waals surface area contributed by atoms with Gasteiger partial charge in [-0.1, -0.05) is 0 Å². The Bertz CT molecular complexity index is 514. The van der Waals surface area contributed by atoms with Gasteiger partial charge in [-0.05, 0) is 12.1 Å². The molecule has 1 aromatic rings. The van der Waals surface area contributed by atoms with Crippen LogP contribution in [0.15, 0.2) is 23.2 Å². The van der Waals surface area contributed by atoms with E-state index in [1.807, 2.05) is 0 Å². The molecule has 1 heterocycles. The summed E-state index contributed by atoms with van der Waals surface area (Å²) >= 11 is 0. The molecular formula is C9H13N3O5S. The van der Waals surface area contributed by atoms with E-state index in [4.69, 9.17) is 5.73 Å². The molecule has 100 valence electrons. The second kappa shape index (κ2) is 5.76. The van der Waals surface area contributed by atoms with Gasteiger partial charge in [0, 0.05) is 12.7 Å². The summed E-state index contributed by atoms with van der Waals surface area (Å²) in [6, 6.07) is 2.58. The van der Waals surface area contributed by atoms with Gasteiger partial charge in [0.05, 0.1) is 7.11 Å². The largest absolute Gasteiger partial charge is 0.467 e. The molecule has 0 fully saturated rings. The van der Waals surface area contributed by atoms with Gasteiger partial charge in [-0.3, -0.25) is 0 Å². The molecule has 8 nitrogen and oxygen atoms in total. The number of anilines is 1. The van der Waals surface area contributed by atoms with Crippen LogP contribution in [0.25, 0.3) is 0 Å². The molecule has 1 aromatic heterocycles. The average molecular weight is 275 g/mol. The van der Waals surface area contributed by atoms with Crippen molar-refractivity contribution in [3.05, 3.63) is 18.3 Å². The molecule has 4 N–H and O–H groups in total. The number of aromatic nitrogens is 1. The maximum Gasteiger partial charge on any atom is 0.336 e. The van der Waals surface area contributed by atoms with Crippen LogP contribution in [-0.2, 0) is 19.6 Å². The van der Waals surface area contributed by atoms with Gasteiger partial charge in [0.2, 0.25) is 10.0 Å². The van der Waals surface area contributed by atoms with Crippen LogP contribution in [0.1, 0.15) is 0 Å². The minimum atomic E-state index is -3.85. The first-order valence-electron chi connectivity index (χ1n) is 4.84. The molecule has 18 heavy (non-hydrogen) atoms. The second-order valence-electron chi connectivity index (χ2n) is 3.31. The van der Waals surface area contributed by atoms with E-state index in [2.05, 4.69) is 14.4 Å². The second-order valence-corrected chi connectivity index (χ2v) is 5.08. The number of aliphatic hydroxyl groups is 1. The van der Waals surface area contributed by atoms with Crippen molar-refractivity contribution in [1.82, 2.24) is 9.71 Å². The Morgan fingerprint density at radius 1 is 1.61 bits per heavy atom. The van der Waals surface area contributed by atoms with Crippen LogP contribution in [0.5, 0.6) is 0 Å². The van der Waals surface area contributed by atoms with Crippen LogP contribution < -0.4 is 10.5 Å². The Morgan fingerprint density at radius 2 is 2.28 bits per heavy atom. The molecule has 0 bridgehead atoms. The quantitative estimate of drug-likeness (QED) is 0.556. The number of hydrogen-bond acceptors (Lipinski definition) is 7. The van der Waals surface area contributed by atoms with E-state index >= 15 is 0 Å². The van der Waals surface area contributed by atoms with Gasteiger partial charge in [-0.25, -0.2) is 22.9 Å². The van der Waals surface area contributed by atoms with Gasteiger partial charge in [-0.2, -0.15) is 0 Å². The lowest BCUT2D eigenvalue weighted by Crippen LogP contribution is -2.37. The molecule has 0 aliphatic rings. The summed E-state index contributed by atoms with van der Waals surface area (Å²) in [5, 5.41) is 9.23. The highest BCUT2D eigenvalue weighted by atomic mass is 32.2. The number of esters is 1. The SMILES string of the molecule is COC(=O)C(O)CNS(=O)(=O)c1ccc(N)nc1. The average Bonchev–Trinajstić information content (AvgIpc) is 2.35. The maximum absolute atomic E-state index is 11.7. The predicted octanol–water partition coefficient (Wildman–Crippen LogP) is -1.52. The van der Waals surface area contributed by atoms with E-state index in [1.165, 1.54) is 12.1 Å². The van der Waals surface area contributed by atoms with E-state index in [9.17, 15) is 18.3 Å². The molecule has 0 aromatic carbocycles. The Balaban J connectivity index is 2.71. The van der Waals surface area contributed by atoms with Gasteiger partial charge in [-0.15, -0.1) is 0 Å². The molecule has 1 atom stereocenters. The van der Waals surface area contributed by atoms with E-state index in [0.29, 0.717) is 0 Å². The summed E-state index contributed by atoms with van der Waals surface area (Å²) in [5.41, 5.74) is 5.32. The fourth-order valence-electron chi connectivity index (χ4n) is 1.04. The highest BCUT2D eigenvalue weighted by Gasteiger charge is 2.20. The van der Waals surface area contributed by atoms with E-state index in [-0.39, 0.29) is 10.7 Å². The number of pyridine rings is 1. The van der Waals surface area contributed by atoms with E-state index < -0.39 is 28.6 Å². The van der Waals surface area contributed by atoms with Crippen LogP contribution in [0.4, 0.5) is 5.82 Å². The highest BCUT2D eigenvalue weighted by Crippen LogP contribution is 2.08. The number of carbonyl (C=O) groups is 1. The third-order valence-electron chi connectivity index (χ3n) is 2.01. The summed E-state index contributed by atoms with van der Waals surface area (Å²) in [7, 11) is -2.76. The number of rotatable bonds is 5. The molecule has 0 radical (unpaired) electrons. The standard InChI is InChI=1S/C9H13N3O5S/c1-17-9(14)7(13)5-12-18(15,16)6-2-3-8(10)11-4-6/h2-4,7,12-13H,5H2,1H3,(H2,10,11). The summed E-state index contributed by atoms with van der Waals surface area (Å²) in [6.45, 7) is -0.487. The predicted molar refractivity (Wildman–Crippen MR) is 61.9 cm³/mol. The van der Waals surface area contributed by atoms with Crippen molar-refractivity contribution in [1.29, 1.82) is 0 Å². The van der Waals surface area contributed by atoms with Crippen LogP contribution in [0, 0.1) is 0 Å². The first-order valence-corrected chi connectivity index (χ1v) is 6.32. The van der Waals surface area contributed by atoms with Crippen LogP contribution >= 0.6 is 0 Å². The Hall–Kier alpha value is -1.71. The number of ether oxygens (including phenoxy) is 1. The van der Waals surface area contributed by atoms with Crippen molar-refractivity contribution in [3.63, 3.8) is 0 Å². The molecule has 0 aliphatic carbocycles. The minimum absolute atomic E-state index is 0.117. The first kappa shape index (κ1) is 14.4. The molecule has 1 unspecified atom stereocenters. The maximum atomic E-state index is 11.7. The van der Waals surface area contributed by atoms with Crippen molar-refractivity contribution in [2.24, 2.45) is 0 Å². The summed E-state index contributed by atoms with van der Waals surface area (Å²) < 4.78 is 29.7. The number of methoxy groups -OCH3 is 1. The van der Waals surface area contributed by atoms with Gasteiger partial charge >= 0.3 is 5.97 Å². The number of sulfonamides is 1. The summed E-state index contributed by atoms with van der Waals surface area (Å²) in [4.78, 5) is 14.4. The molecule has 0 saturated heterocycles. The molecule has 1 rings (SSSR count). The third kappa shape index (κ3) is 3.65. The summed E-state index contributed by atoms with van der Waals surface area (Å²) in [5.74, 6) is -0.739. The number of nitrogen functional groups attached to an aromatic ring is 1. The highest BCUT2D eigenvalue weighted by molar-refractivity contribution is 7.89. The lowest BCUT2D eigenvalue weighted by Gasteiger charge is -2.10. The van der Waals surface area contributed by atoms with Crippen molar-refractivity contribution in [2.75, 3.05) is 19.4 Å². The first-order chi connectivity index (χ1) is 8.36. The third-order valence-corrected chi connectivity index (χ3v) is 3.42. The van der Waals surface area contributed by atoms with E-state index in [0.717, 1.165) is 13.3 Å². The number of carbonyl (C=O) groups excluding carboxylic acids is 1. The number of aliphatic hydroxyl groups excluding tert-OH is 1. The molecule has 0 spiro atoms. The van der Waals surface area contributed by atoms with Gasteiger partial charge in [0.15, 0.2) is 6.10 Å². The molecule has 0 saturated carbocycles. The topological polar surface area (TPSA) is 132 Å². The Morgan fingerprint density at radius 3 is 2.78 bits per heavy atom. The monoisotopic (exact) mass is 275 g/mol. The number of hydrogen-bond donors (Lipinski definition) is 3. The van der Waals surface area contributed by atoms with Gasteiger partial charge in [0.25, 0.3) is 0 Å². The Kier molecular flexibility index (Phi) is 4.59. The van der Waals surface area contributed by atoms with Crippen LogP contribution in [-0.4, -0.2) is 44.2 Å². The lowest BCUT2D eigenvalue weighted by atomic mass is 10.4. The van der Waals surface area contributed by atoms with Crippen molar-refractivity contribution in [2.45, 2.75) is 11.0 Å². The van der Waals surface area contributed by atoms with E-state index in [1.54, 1.807) is 0 Å². The van der Waals surface area contributed by atoms with Crippen molar-refractivity contribution >= 4 is 21.8 Å². The zero-order chi connectivity index (χ0) is 13.8. The minimum Gasteiger partial charge on any atom is -0.467 e. The van der Waals surface area contributed by atoms with Crippen molar-refractivity contribution < 1.29 is 23.1 Å². The lowest BCUT2D eigenvalue weighted by molar-refractivity contribution is -0.149. The zero-order valence-corrected chi connectivity index (χ0v) is 10.3. The molecule has 9 heteroatoms. The van der Waals surface area contributed by atoms with Crippen LogP contribution in [0.3, 0.4) is 0 Å². The smallest absolute Gasteiger partial charge is 0.336 e. The zero-order valence-electron chi connectivity index (χ0n) is 9.53. The Labute approximate surface area is 104 Å². The fraction of sp³-hybridized carbons (Fsp3) is 0.333. The molecular weight excluding hydrogens is 262 g/mol. The molecule has 0 aliphatic heterocycles. The fourth-order valence-corrected chi connectivity index (χ4v) is 2.02. The van der Waals surface area contributed by atoms with Gasteiger partial charge < -0.3 is 15.6 Å². The number of nitrogens with zero attached hydrogens (tertiary/aromatic N) is 1. The number of nitrogens with one attached hydrogen (secondary N) is 1.